The molecular weight excluding hydrogens is 188 g/mol. The summed E-state index contributed by atoms with van der Waals surface area (Å²) in [4.78, 5) is 1.03. The highest BCUT2D eigenvalue weighted by molar-refractivity contribution is 7.81. The Morgan fingerprint density at radius 2 is 1.25 bits per heavy atom. The molecule has 0 aliphatic carbocycles. The lowest BCUT2D eigenvalue weighted by molar-refractivity contribution is 1.32. The third-order valence-corrected chi connectivity index (χ3v) is 2.22. The Balaban J connectivity index is 2.69. The van der Waals surface area contributed by atoms with Gasteiger partial charge in [0.25, 0.3) is 0 Å². The van der Waals surface area contributed by atoms with Gasteiger partial charge in [0.1, 0.15) is 0 Å². The molecule has 1 aliphatic rings. The second-order valence-electron chi connectivity index (χ2n) is 2.36. The Hall–Kier alpha value is -1.00. The first-order valence-corrected chi connectivity index (χ1v) is 4.20. The summed E-state index contributed by atoms with van der Waals surface area (Å²) in [5, 5.41) is 7.54. The third-order valence-electron chi connectivity index (χ3n) is 1.62. The van der Waals surface area contributed by atoms with Gasteiger partial charge in [-0.15, -0.1) is 10.2 Å². The molecular formula is C8H4N2S2. The zero-order valence-electron chi connectivity index (χ0n) is 6.02. The Labute approximate surface area is 80.3 Å². The van der Waals surface area contributed by atoms with Crippen molar-refractivity contribution in [2.45, 2.75) is 0 Å². The molecule has 0 saturated carbocycles. The maximum atomic E-state index is 4.99. The van der Waals surface area contributed by atoms with E-state index in [1.807, 2.05) is 24.3 Å². The van der Waals surface area contributed by atoms with Gasteiger partial charge in [0, 0.05) is 11.1 Å². The van der Waals surface area contributed by atoms with Crippen LogP contribution in [0.3, 0.4) is 0 Å². The van der Waals surface area contributed by atoms with Crippen LogP contribution in [0.4, 0.5) is 0 Å². The average Bonchev–Trinajstić information content (AvgIpc) is 2.12. The van der Waals surface area contributed by atoms with E-state index < -0.39 is 0 Å². The number of thiocarbonyl (C=S) groups is 2. The highest BCUT2D eigenvalue weighted by Crippen LogP contribution is 2.17. The Morgan fingerprint density at radius 1 is 0.833 bits per heavy atom. The van der Waals surface area contributed by atoms with Gasteiger partial charge >= 0.3 is 0 Å². The minimum Gasteiger partial charge on any atom is -0.137 e. The molecule has 0 radical (unpaired) electrons. The smallest absolute Gasteiger partial charge is 0.137 e. The topological polar surface area (TPSA) is 24.7 Å². The zero-order chi connectivity index (χ0) is 8.55. The van der Waals surface area contributed by atoms with Crippen molar-refractivity contribution in [3.8, 4) is 0 Å². The van der Waals surface area contributed by atoms with Gasteiger partial charge in [-0.25, -0.2) is 0 Å². The van der Waals surface area contributed by atoms with Gasteiger partial charge in [-0.1, -0.05) is 48.7 Å². The van der Waals surface area contributed by atoms with Crippen molar-refractivity contribution in [1.82, 2.24) is 0 Å². The third kappa shape index (κ3) is 1.09. The standard InChI is InChI=1S/C8H4N2S2/c11-7-5-3-1-2-4-6(5)8(12)10-9-7/h1-4H. The lowest BCUT2D eigenvalue weighted by Crippen LogP contribution is -2.08. The first-order chi connectivity index (χ1) is 5.79. The van der Waals surface area contributed by atoms with E-state index in [0.29, 0.717) is 9.98 Å². The van der Waals surface area contributed by atoms with Crippen LogP contribution in [0.2, 0.25) is 0 Å². The Kier molecular flexibility index (Phi) is 1.78. The van der Waals surface area contributed by atoms with E-state index in [0.717, 1.165) is 11.1 Å². The predicted octanol–water partition coefficient (Wildman–Crippen LogP) is 2.50. The van der Waals surface area contributed by atoms with Crippen LogP contribution in [-0.4, -0.2) is 9.98 Å². The van der Waals surface area contributed by atoms with E-state index in [1.54, 1.807) is 0 Å². The van der Waals surface area contributed by atoms with Gasteiger partial charge in [-0.3, -0.25) is 0 Å². The van der Waals surface area contributed by atoms with Crippen molar-refractivity contribution in [2.75, 3.05) is 0 Å². The number of hydrogen-bond donors (Lipinski definition) is 0. The molecule has 1 aromatic rings. The molecule has 1 aromatic carbocycles. The number of benzene rings is 1. The molecule has 58 valence electrons. The van der Waals surface area contributed by atoms with Crippen molar-refractivity contribution >= 4 is 34.4 Å². The molecule has 0 fully saturated rings. The molecule has 4 heteroatoms. The van der Waals surface area contributed by atoms with Crippen LogP contribution in [0.1, 0.15) is 11.1 Å². The van der Waals surface area contributed by atoms with E-state index in [2.05, 4.69) is 10.2 Å². The van der Waals surface area contributed by atoms with Crippen molar-refractivity contribution in [1.29, 1.82) is 0 Å². The molecule has 0 spiro atoms. The molecule has 0 unspecified atom stereocenters. The summed E-state index contributed by atoms with van der Waals surface area (Å²) < 4.78 is 0. The zero-order valence-corrected chi connectivity index (χ0v) is 7.65. The van der Waals surface area contributed by atoms with Crippen LogP contribution >= 0.6 is 24.4 Å². The van der Waals surface area contributed by atoms with E-state index in [9.17, 15) is 0 Å². The highest BCUT2D eigenvalue weighted by Gasteiger charge is 2.14. The lowest BCUT2D eigenvalue weighted by Gasteiger charge is -2.08. The number of nitrogens with zero attached hydrogens (tertiary/aromatic N) is 2. The van der Waals surface area contributed by atoms with Crippen LogP contribution in [0, 0.1) is 0 Å². The summed E-state index contributed by atoms with van der Waals surface area (Å²) >= 11 is 9.99. The van der Waals surface area contributed by atoms with Gasteiger partial charge in [0.05, 0.1) is 0 Å². The summed E-state index contributed by atoms with van der Waals surface area (Å²) in [6.45, 7) is 0. The first-order valence-electron chi connectivity index (χ1n) is 3.38. The molecule has 12 heavy (non-hydrogen) atoms. The normalized spacial score (nSPS) is 14.7. The summed E-state index contributed by atoms with van der Waals surface area (Å²) in [5.74, 6) is 0. The minimum atomic E-state index is 0.513. The number of azo groups is 1. The fraction of sp³-hybridized carbons (Fsp3) is 0. The monoisotopic (exact) mass is 192 g/mol. The van der Waals surface area contributed by atoms with Gasteiger partial charge in [-0.2, -0.15) is 0 Å². The molecule has 1 heterocycles. The quantitative estimate of drug-likeness (QED) is 0.590. The second-order valence-corrected chi connectivity index (χ2v) is 3.13. The van der Waals surface area contributed by atoms with Crippen LogP contribution in [0.25, 0.3) is 0 Å². The van der Waals surface area contributed by atoms with Gasteiger partial charge < -0.3 is 0 Å². The van der Waals surface area contributed by atoms with Crippen molar-refractivity contribution in [3.05, 3.63) is 35.4 Å². The fourth-order valence-corrected chi connectivity index (χ4v) is 1.49. The molecule has 0 saturated heterocycles. The lowest BCUT2D eigenvalue weighted by atomic mass is 10.1. The summed E-state index contributed by atoms with van der Waals surface area (Å²) in [7, 11) is 0. The molecule has 2 nitrogen and oxygen atoms in total. The predicted molar refractivity (Wildman–Crippen MR) is 54.7 cm³/mol. The summed E-state index contributed by atoms with van der Waals surface area (Å²) in [5.41, 5.74) is 1.82. The fourth-order valence-electron chi connectivity index (χ4n) is 1.05. The number of fused-ring (bicyclic) bond motifs is 1. The molecule has 0 N–H and O–H groups in total. The van der Waals surface area contributed by atoms with Gasteiger partial charge in [-0.05, 0) is 0 Å². The summed E-state index contributed by atoms with van der Waals surface area (Å²) in [6, 6.07) is 7.63. The Morgan fingerprint density at radius 3 is 1.67 bits per heavy atom. The van der Waals surface area contributed by atoms with Crippen LogP contribution in [-0.2, 0) is 0 Å². The number of rotatable bonds is 0. The molecule has 2 rings (SSSR count). The van der Waals surface area contributed by atoms with Crippen molar-refractivity contribution in [3.63, 3.8) is 0 Å². The van der Waals surface area contributed by atoms with Crippen LogP contribution in [0.15, 0.2) is 34.5 Å². The first kappa shape index (κ1) is 7.64. The maximum Gasteiger partial charge on any atom is 0.156 e. The Bertz CT molecular complexity index is 359. The minimum absolute atomic E-state index is 0.513. The second kappa shape index (κ2) is 2.80. The molecule has 0 amide bonds. The highest BCUT2D eigenvalue weighted by atomic mass is 32.1. The van der Waals surface area contributed by atoms with E-state index in [1.165, 1.54) is 0 Å². The largest absolute Gasteiger partial charge is 0.156 e. The van der Waals surface area contributed by atoms with Gasteiger partial charge in [0.15, 0.2) is 9.98 Å². The SMILES string of the molecule is S=C1N=NC(=S)c2ccccc21. The summed E-state index contributed by atoms with van der Waals surface area (Å²) in [6.07, 6.45) is 0. The van der Waals surface area contributed by atoms with Crippen LogP contribution < -0.4 is 0 Å². The molecule has 0 aromatic heterocycles. The van der Waals surface area contributed by atoms with E-state index in [4.69, 9.17) is 24.4 Å². The van der Waals surface area contributed by atoms with E-state index >= 15 is 0 Å². The average molecular weight is 192 g/mol. The number of hydrogen-bond acceptors (Lipinski definition) is 2. The molecule has 0 bridgehead atoms. The molecule has 1 aliphatic heterocycles. The molecule has 0 atom stereocenters. The van der Waals surface area contributed by atoms with E-state index in [-0.39, 0.29) is 0 Å². The van der Waals surface area contributed by atoms with Crippen LogP contribution in [0.5, 0.6) is 0 Å². The maximum absolute atomic E-state index is 4.99. The van der Waals surface area contributed by atoms with Gasteiger partial charge in [0.2, 0.25) is 0 Å². The van der Waals surface area contributed by atoms with Crippen molar-refractivity contribution in [2.24, 2.45) is 10.2 Å². The van der Waals surface area contributed by atoms with Crippen molar-refractivity contribution < 1.29 is 0 Å².